The summed E-state index contributed by atoms with van der Waals surface area (Å²) in [5, 5.41) is 3.68. The molecule has 3 heterocycles. The summed E-state index contributed by atoms with van der Waals surface area (Å²) in [6.45, 7) is 0. The minimum absolute atomic E-state index is 0.0834. The van der Waals surface area contributed by atoms with Crippen LogP contribution in [-0.4, -0.2) is 67.0 Å². The van der Waals surface area contributed by atoms with Crippen LogP contribution in [0.25, 0.3) is 10.9 Å². The summed E-state index contributed by atoms with van der Waals surface area (Å²) in [6.07, 6.45) is 1.13. The lowest BCUT2D eigenvalue weighted by Gasteiger charge is -2.30. The number of nitrogens with one attached hydrogen (secondary N) is 2. The number of carbonyl (C=O) groups excluding carboxylic acids is 4. The van der Waals surface area contributed by atoms with Gasteiger partial charge in [-0.2, -0.15) is 0 Å². The molecule has 1 fully saturated rings. The van der Waals surface area contributed by atoms with Gasteiger partial charge in [0, 0.05) is 35.5 Å². The number of esters is 2. The van der Waals surface area contributed by atoms with E-state index in [9.17, 15) is 19.2 Å². The summed E-state index contributed by atoms with van der Waals surface area (Å²) in [5.74, 6) is -1.67. The van der Waals surface area contributed by atoms with Crippen LogP contribution in [0, 0.1) is 0 Å². The fourth-order valence-electron chi connectivity index (χ4n) is 5.17. The second-order valence-corrected chi connectivity index (χ2v) is 9.03. The Labute approximate surface area is 218 Å². The molecule has 3 atom stereocenters. The van der Waals surface area contributed by atoms with E-state index in [1.807, 2.05) is 24.3 Å². The maximum atomic E-state index is 13.5. The number of rotatable bonds is 8. The van der Waals surface area contributed by atoms with Gasteiger partial charge >= 0.3 is 11.9 Å². The van der Waals surface area contributed by atoms with Crippen molar-refractivity contribution in [1.82, 2.24) is 15.2 Å². The van der Waals surface area contributed by atoms with Gasteiger partial charge in [0.05, 0.1) is 21.3 Å². The van der Waals surface area contributed by atoms with Crippen LogP contribution in [-0.2, 0) is 30.3 Å². The average Bonchev–Trinajstić information content (AvgIpc) is 3.62. The van der Waals surface area contributed by atoms with Crippen molar-refractivity contribution in [1.29, 1.82) is 0 Å². The number of carbonyl (C=O) groups is 4. The molecule has 0 spiro atoms. The Morgan fingerprint density at radius 2 is 1.92 bits per heavy atom. The number of likely N-dealkylation sites (tertiary alicyclic amines) is 1. The smallest absolute Gasteiger partial charge is 0.344 e. The van der Waals surface area contributed by atoms with Crippen molar-refractivity contribution < 1.29 is 38.1 Å². The van der Waals surface area contributed by atoms with E-state index in [0.717, 1.165) is 16.5 Å². The number of nitrogens with zero attached hydrogens (tertiary/aromatic N) is 1. The van der Waals surface area contributed by atoms with Crippen molar-refractivity contribution in [3.05, 3.63) is 59.3 Å². The Balaban J connectivity index is 1.41. The van der Waals surface area contributed by atoms with Gasteiger partial charge in [0.15, 0.2) is 11.5 Å². The van der Waals surface area contributed by atoms with Crippen LogP contribution in [0.3, 0.4) is 0 Å². The highest BCUT2D eigenvalue weighted by Crippen LogP contribution is 2.45. The fraction of sp³-hybridized carbons (Fsp3) is 0.333. The normalized spacial score (nSPS) is 19.2. The summed E-state index contributed by atoms with van der Waals surface area (Å²) >= 11 is 0. The molecule has 3 aromatic rings. The van der Waals surface area contributed by atoms with E-state index in [0.29, 0.717) is 11.3 Å². The molecule has 0 bridgehead atoms. The van der Waals surface area contributed by atoms with E-state index >= 15 is 0 Å². The first kappa shape index (κ1) is 25.1. The van der Waals surface area contributed by atoms with E-state index in [1.165, 1.54) is 26.2 Å². The fourth-order valence-corrected chi connectivity index (χ4v) is 5.17. The lowest BCUT2D eigenvalue weighted by Crippen LogP contribution is -2.52. The topological polar surface area (TPSA) is 136 Å². The van der Waals surface area contributed by atoms with Crippen molar-refractivity contribution in [2.24, 2.45) is 0 Å². The van der Waals surface area contributed by atoms with Gasteiger partial charge in [0.1, 0.15) is 17.6 Å². The molecule has 0 saturated carbocycles. The number of H-pyrrole nitrogens is 1. The Hall–Kier alpha value is -4.54. The zero-order valence-electron chi connectivity index (χ0n) is 21.1. The number of aromatic amines is 1. The van der Waals surface area contributed by atoms with Crippen LogP contribution in [0.2, 0.25) is 0 Å². The zero-order valence-corrected chi connectivity index (χ0v) is 21.1. The molecule has 2 N–H and O–H groups in total. The first-order valence-electron chi connectivity index (χ1n) is 12.1. The number of hydrogen-bond donors (Lipinski definition) is 2. The van der Waals surface area contributed by atoms with Crippen LogP contribution in [0.1, 0.15) is 40.6 Å². The van der Waals surface area contributed by atoms with E-state index in [1.54, 1.807) is 18.3 Å². The Kier molecular flexibility index (Phi) is 6.66. The largest absolute Gasteiger partial charge is 0.493 e. The van der Waals surface area contributed by atoms with Crippen molar-refractivity contribution >= 4 is 34.7 Å². The predicted molar refractivity (Wildman–Crippen MR) is 134 cm³/mol. The van der Waals surface area contributed by atoms with Gasteiger partial charge in [-0.3, -0.25) is 14.5 Å². The number of aromatic nitrogens is 1. The van der Waals surface area contributed by atoms with Crippen molar-refractivity contribution in [2.75, 3.05) is 21.3 Å². The number of cyclic esters (lactones) is 1. The molecule has 2 aromatic carbocycles. The molecule has 198 valence electrons. The minimum atomic E-state index is -1.12. The second kappa shape index (κ2) is 10.1. The molecular weight excluding hydrogens is 494 g/mol. The first-order valence-corrected chi connectivity index (χ1v) is 12.1. The third-order valence-electron chi connectivity index (χ3n) is 6.98. The quantitative estimate of drug-likeness (QED) is 0.431. The first-order chi connectivity index (χ1) is 18.4. The maximum absolute atomic E-state index is 13.5. The second-order valence-electron chi connectivity index (χ2n) is 9.03. The molecule has 1 unspecified atom stereocenters. The van der Waals surface area contributed by atoms with Crippen LogP contribution in [0.4, 0.5) is 0 Å². The number of fused-ring (bicyclic) bond motifs is 2. The van der Waals surface area contributed by atoms with E-state index < -0.39 is 36.2 Å². The Morgan fingerprint density at radius 1 is 1.13 bits per heavy atom. The van der Waals surface area contributed by atoms with Gasteiger partial charge in [0.2, 0.25) is 18.0 Å². The van der Waals surface area contributed by atoms with Crippen molar-refractivity contribution in [3.63, 3.8) is 0 Å². The van der Waals surface area contributed by atoms with Crippen LogP contribution in [0.5, 0.6) is 11.5 Å². The Morgan fingerprint density at radius 3 is 2.66 bits per heavy atom. The number of para-hydroxylation sites is 1. The monoisotopic (exact) mass is 521 g/mol. The lowest BCUT2D eigenvalue weighted by molar-refractivity contribution is -0.149. The molecule has 2 amide bonds. The highest BCUT2D eigenvalue weighted by molar-refractivity contribution is 5.99. The van der Waals surface area contributed by atoms with E-state index in [2.05, 4.69) is 10.3 Å². The molecular formula is C27H27N3O8. The lowest BCUT2D eigenvalue weighted by atomic mass is 10.0. The average molecular weight is 522 g/mol. The third kappa shape index (κ3) is 4.19. The van der Waals surface area contributed by atoms with Gasteiger partial charge in [-0.1, -0.05) is 18.2 Å². The Bertz CT molecular complexity index is 1430. The van der Waals surface area contributed by atoms with Gasteiger partial charge in [-0.15, -0.1) is 0 Å². The number of ether oxygens (including phenoxy) is 4. The van der Waals surface area contributed by atoms with E-state index in [-0.39, 0.29) is 36.5 Å². The summed E-state index contributed by atoms with van der Waals surface area (Å²) in [6, 6.07) is 8.88. The standard InChI is InChI=1S/C27H27N3O8/c1-35-20-10-8-16-22(23(20)36-2)27(34)38-25(16)30-19(9-11-21(30)31)24(32)29-18(26(33)37-3)12-14-13-28-17-7-5-4-6-15(14)17/h4-8,10,13,18-19,25,28H,9,11-12H2,1-3H3,(H,29,32)/t18-,19-,25?/m0/s1. The predicted octanol–water partition coefficient (Wildman–Crippen LogP) is 2.25. The minimum Gasteiger partial charge on any atom is -0.493 e. The van der Waals surface area contributed by atoms with E-state index in [4.69, 9.17) is 18.9 Å². The molecule has 2 aliphatic rings. The number of amides is 2. The van der Waals surface area contributed by atoms with Gasteiger partial charge < -0.3 is 29.2 Å². The number of hydrogen-bond acceptors (Lipinski definition) is 8. The molecule has 11 heteroatoms. The van der Waals surface area contributed by atoms with Crippen LogP contribution < -0.4 is 14.8 Å². The van der Waals surface area contributed by atoms with Gasteiger partial charge in [0.25, 0.3) is 0 Å². The summed E-state index contributed by atoms with van der Waals surface area (Å²) < 4.78 is 21.2. The highest BCUT2D eigenvalue weighted by Gasteiger charge is 2.48. The zero-order chi connectivity index (χ0) is 27.0. The summed E-state index contributed by atoms with van der Waals surface area (Å²) in [7, 11) is 4.09. The summed E-state index contributed by atoms with van der Waals surface area (Å²) in [5.41, 5.74) is 2.26. The number of methoxy groups -OCH3 is 3. The van der Waals surface area contributed by atoms with Crippen molar-refractivity contribution in [2.45, 2.75) is 37.6 Å². The molecule has 1 aromatic heterocycles. The summed E-state index contributed by atoms with van der Waals surface area (Å²) in [4.78, 5) is 56.3. The maximum Gasteiger partial charge on any atom is 0.344 e. The molecule has 11 nitrogen and oxygen atoms in total. The third-order valence-corrected chi connectivity index (χ3v) is 6.98. The van der Waals surface area contributed by atoms with Crippen molar-refractivity contribution in [3.8, 4) is 11.5 Å². The molecule has 38 heavy (non-hydrogen) atoms. The van der Waals surface area contributed by atoms with Gasteiger partial charge in [-0.25, -0.2) is 9.59 Å². The SMILES string of the molecule is COC(=O)[C@H](Cc1c[nH]c2ccccc12)NC(=O)[C@@H]1CCC(=O)N1C1OC(=O)c2c1ccc(OC)c2OC. The van der Waals surface area contributed by atoms with Crippen LogP contribution in [0.15, 0.2) is 42.6 Å². The highest BCUT2D eigenvalue weighted by atomic mass is 16.6. The molecule has 0 aliphatic carbocycles. The van der Waals surface area contributed by atoms with Crippen LogP contribution >= 0.6 is 0 Å². The number of benzene rings is 2. The molecule has 5 rings (SSSR count). The molecule has 2 aliphatic heterocycles. The molecule has 0 radical (unpaired) electrons. The molecule has 1 saturated heterocycles. The van der Waals surface area contributed by atoms with Gasteiger partial charge in [-0.05, 0) is 30.2 Å².